The second-order valence-corrected chi connectivity index (χ2v) is 5.46. The molecule has 0 saturated carbocycles. The molecule has 5 nitrogen and oxygen atoms in total. The molecule has 116 valence electrons. The minimum Gasteiger partial charge on any atom is -0.465 e. The number of ether oxygens (including phenoxy) is 2. The smallest absolute Gasteiger partial charge is 0.340 e. The first-order valence-corrected chi connectivity index (χ1v) is 7.48. The Labute approximate surface area is 130 Å². The van der Waals surface area contributed by atoms with Crippen molar-refractivity contribution in [2.24, 2.45) is 0 Å². The molecule has 1 saturated heterocycles. The van der Waals surface area contributed by atoms with Crippen LogP contribution in [0.25, 0.3) is 0 Å². The zero-order chi connectivity index (χ0) is 15.4. The number of esters is 1. The van der Waals surface area contributed by atoms with E-state index in [9.17, 15) is 4.79 Å². The normalized spacial score (nSPS) is 18.6. The molecule has 1 unspecified atom stereocenters. The van der Waals surface area contributed by atoms with E-state index in [1.54, 1.807) is 12.1 Å². The third kappa shape index (κ3) is 3.60. The van der Waals surface area contributed by atoms with E-state index in [4.69, 9.17) is 26.8 Å². The molecule has 1 fully saturated rings. The van der Waals surface area contributed by atoms with Crippen molar-refractivity contribution in [2.45, 2.75) is 25.9 Å². The number of carbonyl (C=O) groups is 1. The van der Waals surface area contributed by atoms with E-state index in [1.807, 2.05) is 6.92 Å². The van der Waals surface area contributed by atoms with Crippen LogP contribution in [0.4, 0.5) is 11.4 Å². The topological polar surface area (TPSA) is 64.8 Å². The van der Waals surface area contributed by atoms with E-state index in [-0.39, 0.29) is 6.10 Å². The fourth-order valence-electron chi connectivity index (χ4n) is 2.72. The highest BCUT2D eigenvalue weighted by molar-refractivity contribution is 6.34. The number of halogens is 1. The van der Waals surface area contributed by atoms with E-state index in [1.165, 1.54) is 7.11 Å². The van der Waals surface area contributed by atoms with Crippen LogP contribution in [-0.4, -0.2) is 38.9 Å². The zero-order valence-corrected chi connectivity index (χ0v) is 13.2. The van der Waals surface area contributed by atoms with Gasteiger partial charge in [0.15, 0.2) is 0 Å². The van der Waals surface area contributed by atoms with Crippen LogP contribution < -0.4 is 10.6 Å². The van der Waals surface area contributed by atoms with Gasteiger partial charge in [-0.15, -0.1) is 0 Å². The van der Waals surface area contributed by atoms with Gasteiger partial charge in [-0.3, -0.25) is 0 Å². The van der Waals surface area contributed by atoms with E-state index < -0.39 is 5.97 Å². The molecular weight excluding hydrogens is 292 g/mol. The molecule has 2 rings (SSSR count). The third-order valence-corrected chi connectivity index (χ3v) is 3.88. The number of nitrogens with two attached hydrogens (primary N) is 1. The van der Waals surface area contributed by atoms with Gasteiger partial charge >= 0.3 is 5.97 Å². The summed E-state index contributed by atoms with van der Waals surface area (Å²) in [5, 5.41) is 0.465. The minimum absolute atomic E-state index is 0.155. The number of rotatable bonds is 4. The van der Waals surface area contributed by atoms with E-state index in [0.29, 0.717) is 35.1 Å². The molecule has 0 aromatic heterocycles. The molecule has 2 N–H and O–H groups in total. The molecule has 6 heteroatoms. The number of benzene rings is 1. The molecule has 21 heavy (non-hydrogen) atoms. The van der Waals surface area contributed by atoms with Crippen LogP contribution in [0.15, 0.2) is 12.1 Å². The second kappa shape index (κ2) is 7.00. The van der Waals surface area contributed by atoms with Crippen molar-refractivity contribution in [3.05, 3.63) is 22.7 Å². The molecule has 0 spiro atoms. The molecule has 1 aliphatic heterocycles. The lowest BCUT2D eigenvalue weighted by molar-refractivity contribution is 0.0521. The summed E-state index contributed by atoms with van der Waals surface area (Å²) in [6.07, 6.45) is 2.17. The molecular formula is C15H21ClN2O3. The van der Waals surface area contributed by atoms with Crippen LogP contribution in [-0.2, 0) is 9.47 Å². The number of nitrogens with zero attached hydrogens (tertiary/aromatic N) is 1. The molecule has 1 heterocycles. The predicted octanol–water partition coefficient (Wildman–Crippen LogP) is 2.71. The summed E-state index contributed by atoms with van der Waals surface area (Å²) in [4.78, 5) is 14.1. The fraction of sp³-hybridized carbons (Fsp3) is 0.533. The summed E-state index contributed by atoms with van der Waals surface area (Å²) in [5.41, 5.74) is 7.32. The zero-order valence-electron chi connectivity index (χ0n) is 12.4. The first kappa shape index (κ1) is 15.9. The highest BCUT2D eigenvalue weighted by Crippen LogP contribution is 2.35. The van der Waals surface area contributed by atoms with Crippen molar-refractivity contribution in [1.29, 1.82) is 0 Å². The fourth-order valence-corrected chi connectivity index (χ4v) is 3.07. The Balaban J connectivity index is 2.35. The minimum atomic E-state index is -0.433. The molecule has 0 bridgehead atoms. The van der Waals surface area contributed by atoms with E-state index in [2.05, 4.69) is 4.90 Å². The largest absolute Gasteiger partial charge is 0.465 e. The number of hydrogen-bond acceptors (Lipinski definition) is 5. The number of anilines is 2. The van der Waals surface area contributed by atoms with Crippen LogP contribution in [0.3, 0.4) is 0 Å². The molecule has 0 radical (unpaired) electrons. The monoisotopic (exact) mass is 312 g/mol. The predicted molar refractivity (Wildman–Crippen MR) is 84.1 cm³/mol. The van der Waals surface area contributed by atoms with Crippen molar-refractivity contribution in [1.82, 2.24) is 0 Å². The van der Waals surface area contributed by atoms with Crippen LogP contribution in [0.2, 0.25) is 5.02 Å². The van der Waals surface area contributed by atoms with E-state index in [0.717, 1.165) is 19.4 Å². The summed E-state index contributed by atoms with van der Waals surface area (Å²) in [5.74, 6) is -0.433. The van der Waals surface area contributed by atoms with Crippen molar-refractivity contribution < 1.29 is 14.3 Å². The van der Waals surface area contributed by atoms with Crippen LogP contribution in [0.1, 0.15) is 30.1 Å². The Morgan fingerprint density at radius 3 is 2.95 bits per heavy atom. The summed E-state index contributed by atoms with van der Waals surface area (Å²) >= 11 is 6.32. The average molecular weight is 313 g/mol. The summed E-state index contributed by atoms with van der Waals surface area (Å²) in [6.45, 7) is 4.20. The van der Waals surface area contributed by atoms with Crippen LogP contribution in [0, 0.1) is 0 Å². The van der Waals surface area contributed by atoms with Crippen LogP contribution in [0.5, 0.6) is 0 Å². The standard InChI is InChI=1S/C15H21ClN2O3/c1-3-21-11-5-4-6-18(9-11)14-12(15(19)20-2)7-10(17)8-13(14)16/h7-8,11H,3-6,9,17H2,1-2H3. The van der Waals surface area contributed by atoms with Crippen LogP contribution >= 0.6 is 11.6 Å². The Morgan fingerprint density at radius 1 is 1.52 bits per heavy atom. The number of nitrogen functional groups attached to an aromatic ring is 1. The first-order valence-electron chi connectivity index (χ1n) is 7.10. The first-order chi connectivity index (χ1) is 10.1. The van der Waals surface area contributed by atoms with Crippen molar-refractivity contribution in [3.8, 4) is 0 Å². The Bertz CT molecular complexity index is 520. The Hall–Kier alpha value is -1.46. The van der Waals surface area contributed by atoms with Gasteiger partial charge in [-0.05, 0) is 31.9 Å². The van der Waals surface area contributed by atoms with Gasteiger partial charge in [0.1, 0.15) is 0 Å². The van der Waals surface area contributed by atoms with Gasteiger partial charge in [0.2, 0.25) is 0 Å². The maximum absolute atomic E-state index is 12.0. The van der Waals surface area contributed by atoms with Gasteiger partial charge in [0.05, 0.1) is 29.5 Å². The van der Waals surface area contributed by atoms with Gasteiger partial charge in [-0.25, -0.2) is 4.79 Å². The molecule has 0 aliphatic carbocycles. The van der Waals surface area contributed by atoms with Gasteiger partial charge < -0.3 is 20.1 Å². The summed E-state index contributed by atoms with van der Waals surface area (Å²) in [6, 6.07) is 3.27. The summed E-state index contributed by atoms with van der Waals surface area (Å²) in [7, 11) is 1.35. The number of hydrogen-bond donors (Lipinski definition) is 1. The SMILES string of the molecule is CCOC1CCCN(c2c(Cl)cc(N)cc2C(=O)OC)C1. The molecule has 1 aromatic rings. The van der Waals surface area contributed by atoms with Gasteiger partial charge in [0.25, 0.3) is 0 Å². The van der Waals surface area contributed by atoms with Crippen molar-refractivity contribution in [2.75, 3.05) is 37.4 Å². The lowest BCUT2D eigenvalue weighted by Gasteiger charge is -2.35. The van der Waals surface area contributed by atoms with Gasteiger partial charge in [0, 0.05) is 25.4 Å². The van der Waals surface area contributed by atoms with Gasteiger partial charge in [-0.1, -0.05) is 11.6 Å². The number of methoxy groups -OCH3 is 1. The number of piperidine rings is 1. The maximum atomic E-state index is 12.0. The highest BCUT2D eigenvalue weighted by atomic mass is 35.5. The second-order valence-electron chi connectivity index (χ2n) is 5.06. The molecule has 1 atom stereocenters. The Morgan fingerprint density at radius 2 is 2.29 bits per heavy atom. The van der Waals surface area contributed by atoms with E-state index >= 15 is 0 Å². The molecule has 1 aliphatic rings. The lowest BCUT2D eigenvalue weighted by Crippen LogP contribution is -2.40. The third-order valence-electron chi connectivity index (χ3n) is 3.59. The highest BCUT2D eigenvalue weighted by Gasteiger charge is 2.26. The number of carbonyl (C=O) groups excluding carboxylic acids is 1. The summed E-state index contributed by atoms with van der Waals surface area (Å²) < 4.78 is 10.5. The quantitative estimate of drug-likeness (QED) is 0.684. The van der Waals surface area contributed by atoms with Crippen molar-refractivity contribution >= 4 is 28.9 Å². The molecule has 0 amide bonds. The Kier molecular flexibility index (Phi) is 5.31. The molecule has 1 aromatic carbocycles. The average Bonchev–Trinajstić information content (AvgIpc) is 2.46. The lowest BCUT2D eigenvalue weighted by atomic mass is 10.0. The maximum Gasteiger partial charge on any atom is 0.340 e. The van der Waals surface area contributed by atoms with Gasteiger partial charge in [-0.2, -0.15) is 0 Å². The van der Waals surface area contributed by atoms with Crippen molar-refractivity contribution in [3.63, 3.8) is 0 Å².